The first kappa shape index (κ1) is 20.9. The second kappa shape index (κ2) is 8.40. The number of fused-ring (bicyclic) bond motifs is 3. The maximum Gasteiger partial charge on any atom is 0.231 e. The molecule has 1 heterocycles. The Morgan fingerprint density at radius 2 is 1.61 bits per heavy atom. The predicted molar refractivity (Wildman–Crippen MR) is 124 cm³/mol. The van der Waals surface area contributed by atoms with Gasteiger partial charge in [-0.15, -0.1) is 0 Å². The monoisotopic (exact) mass is 438 g/mol. The number of aromatic amines is 1. The van der Waals surface area contributed by atoms with Crippen LogP contribution in [0.4, 0.5) is 5.69 Å². The number of nitrogens with one attached hydrogen (secondary N) is 2. The van der Waals surface area contributed by atoms with Crippen molar-refractivity contribution in [1.82, 2.24) is 4.98 Å². The number of hydrogen-bond acceptors (Lipinski definition) is 4. The Bertz CT molecular complexity index is 1260. The summed E-state index contributed by atoms with van der Waals surface area (Å²) in [5.41, 5.74) is 3.43. The van der Waals surface area contributed by atoms with Crippen molar-refractivity contribution < 1.29 is 19.0 Å². The van der Waals surface area contributed by atoms with Gasteiger partial charge in [-0.1, -0.05) is 23.7 Å². The summed E-state index contributed by atoms with van der Waals surface area (Å²) in [5, 5.41) is 5.76. The average Bonchev–Trinajstić information content (AvgIpc) is 3.14. The van der Waals surface area contributed by atoms with Crippen molar-refractivity contribution in [2.24, 2.45) is 0 Å². The molecule has 6 nitrogen and oxygen atoms in total. The van der Waals surface area contributed by atoms with E-state index < -0.39 is 0 Å². The Morgan fingerprint density at radius 3 is 2.26 bits per heavy atom. The van der Waals surface area contributed by atoms with Crippen molar-refractivity contribution >= 4 is 45.0 Å². The third-order valence-electron chi connectivity index (χ3n) is 5.41. The predicted octanol–water partition coefficient (Wildman–Crippen LogP) is 5.74. The standard InChI is InChI=1S/C24H23ClN2O4/c1-13(24(28)26-16-11-21(29-2)23(31-4)22(12-16)30-3)14-5-7-17-18-10-15(25)6-8-19(18)27-20(17)9-14/h5-13,27H,1-4H3,(H,26,28)/t13-/m1/s1. The number of amides is 1. The fourth-order valence-electron chi connectivity index (χ4n) is 3.72. The molecule has 0 fully saturated rings. The van der Waals surface area contributed by atoms with Crippen LogP contribution in [0, 0.1) is 0 Å². The van der Waals surface area contributed by atoms with Crippen LogP contribution in [0.5, 0.6) is 17.2 Å². The average molecular weight is 439 g/mol. The van der Waals surface area contributed by atoms with Gasteiger partial charge in [-0.25, -0.2) is 0 Å². The number of halogens is 1. The molecule has 2 N–H and O–H groups in total. The normalized spacial score (nSPS) is 12.0. The van der Waals surface area contributed by atoms with E-state index in [1.165, 1.54) is 21.3 Å². The molecule has 0 aliphatic heterocycles. The van der Waals surface area contributed by atoms with Gasteiger partial charge >= 0.3 is 0 Å². The molecular formula is C24H23ClN2O4. The van der Waals surface area contributed by atoms with E-state index in [1.807, 2.05) is 43.3 Å². The lowest BCUT2D eigenvalue weighted by molar-refractivity contribution is -0.117. The summed E-state index contributed by atoms with van der Waals surface area (Å²) in [6.07, 6.45) is 0. The smallest absolute Gasteiger partial charge is 0.231 e. The van der Waals surface area contributed by atoms with Crippen LogP contribution in [0.3, 0.4) is 0 Å². The van der Waals surface area contributed by atoms with Gasteiger partial charge in [0.15, 0.2) is 11.5 Å². The summed E-state index contributed by atoms with van der Waals surface area (Å²) in [5.74, 6) is 0.901. The van der Waals surface area contributed by atoms with Gasteiger partial charge in [0.25, 0.3) is 0 Å². The van der Waals surface area contributed by atoms with E-state index in [4.69, 9.17) is 25.8 Å². The van der Waals surface area contributed by atoms with Gasteiger partial charge < -0.3 is 24.5 Å². The van der Waals surface area contributed by atoms with Crippen molar-refractivity contribution in [1.29, 1.82) is 0 Å². The van der Waals surface area contributed by atoms with Crippen molar-refractivity contribution in [3.05, 3.63) is 59.1 Å². The zero-order valence-corrected chi connectivity index (χ0v) is 18.5. The number of anilines is 1. The SMILES string of the molecule is COc1cc(NC(=O)[C@H](C)c2ccc3c(c2)[nH]c2ccc(Cl)cc23)cc(OC)c1OC. The van der Waals surface area contributed by atoms with E-state index in [2.05, 4.69) is 10.3 Å². The van der Waals surface area contributed by atoms with Gasteiger partial charge in [-0.2, -0.15) is 0 Å². The van der Waals surface area contributed by atoms with Crippen LogP contribution in [0.1, 0.15) is 18.4 Å². The van der Waals surface area contributed by atoms with Crippen molar-refractivity contribution in [3.63, 3.8) is 0 Å². The molecule has 1 amide bonds. The first-order valence-corrected chi connectivity index (χ1v) is 10.1. The molecule has 0 unspecified atom stereocenters. The first-order valence-electron chi connectivity index (χ1n) is 9.77. The van der Waals surface area contributed by atoms with Crippen LogP contribution in [0.25, 0.3) is 21.8 Å². The fourth-order valence-corrected chi connectivity index (χ4v) is 3.89. The fraction of sp³-hybridized carbons (Fsp3) is 0.208. The molecule has 4 aromatic rings. The number of ether oxygens (including phenoxy) is 3. The highest BCUT2D eigenvalue weighted by Crippen LogP contribution is 2.40. The van der Waals surface area contributed by atoms with E-state index >= 15 is 0 Å². The number of carbonyl (C=O) groups is 1. The van der Waals surface area contributed by atoms with Crippen molar-refractivity contribution in [3.8, 4) is 17.2 Å². The van der Waals surface area contributed by atoms with Gasteiger partial charge in [-0.3, -0.25) is 4.79 Å². The lowest BCUT2D eigenvalue weighted by atomic mass is 9.98. The molecule has 0 aliphatic rings. The minimum Gasteiger partial charge on any atom is -0.493 e. The Kier molecular flexibility index (Phi) is 5.65. The number of carbonyl (C=O) groups excluding carboxylic acids is 1. The molecule has 3 aromatic carbocycles. The summed E-state index contributed by atoms with van der Waals surface area (Å²) in [4.78, 5) is 16.4. The summed E-state index contributed by atoms with van der Waals surface area (Å²) < 4.78 is 16.1. The summed E-state index contributed by atoms with van der Waals surface area (Å²) in [7, 11) is 4.61. The number of H-pyrrole nitrogens is 1. The van der Waals surface area contributed by atoms with Crippen LogP contribution in [-0.4, -0.2) is 32.2 Å². The van der Waals surface area contributed by atoms with E-state index in [0.29, 0.717) is 28.0 Å². The molecule has 0 spiro atoms. The number of hydrogen-bond donors (Lipinski definition) is 2. The molecule has 0 saturated heterocycles. The summed E-state index contributed by atoms with van der Waals surface area (Å²) in [6, 6.07) is 15.1. The maximum atomic E-state index is 13.0. The van der Waals surface area contributed by atoms with Crippen molar-refractivity contribution in [2.75, 3.05) is 26.6 Å². The van der Waals surface area contributed by atoms with Gasteiger partial charge in [0, 0.05) is 44.6 Å². The Labute approximate surface area is 185 Å². The Hall–Kier alpha value is -3.38. The molecule has 7 heteroatoms. The maximum absolute atomic E-state index is 13.0. The minimum atomic E-state index is -0.376. The topological polar surface area (TPSA) is 72.6 Å². The second-order valence-corrected chi connectivity index (χ2v) is 7.68. The van der Waals surface area contributed by atoms with Gasteiger partial charge in [0.05, 0.1) is 27.2 Å². The summed E-state index contributed by atoms with van der Waals surface area (Å²) >= 11 is 6.15. The van der Waals surface area contributed by atoms with E-state index in [-0.39, 0.29) is 11.8 Å². The van der Waals surface area contributed by atoms with Gasteiger partial charge in [-0.05, 0) is 36.8 Å². The quantitative estimate of drug-likeness (QED) is 0.402. The molecule has 31 heavy (non-hydrogen) atoms. The van der Waals surface area contributed by atoms with E-state index in [1.54, 1.807) is 12.1 Å². The molecule has 4 rings (SSSR count). The lowest BCUT2D eigenvalue weighted by Gasteiger charge is -2.16. The highest BCUT2D eigenvalue weighted by Gasteiger charge is 2.19. The highest BCUT2D eigenvalue weighted by atomic mass is 35.5. The number of benzene rings is 3. The molecule has 1 atom stereocenters. The zero-order valence-electron chi connectivity index (χ0n) is 17.7. The molecule has 0 saturated carbocycles. The second-order valence-electron chi connectivity index (χ2n) is 7.24. The molecule has 0 radical (unpaired) electrons. The molecule has 1 aromatic heterocycles. The molecule has 0 bridgehead atoms. The van der Waals surface area contributed by atoms with Crippen LogP contribution < -0.4 is 19.5 Å². The van der Waals surface area contributed by atoms with Gasteiger partial charge in [0.2, 0.25) is 11.7 Å². The third kappa shape index (κ3) is 3.86. The number of aromatic nitrogens is 1. The number of methoxy groups -OCH3 is 3. The van der Waals surface area contributed by atoms with Crippen LogP contribution in [0.15, 0.2) is 48.5 Å². The van der Waals surface area contributed by atoms with Crippen molar-refractivity contribution in [2.45, 2.75) is 12.8 Å². The van der Waals surface area contributed by atoms with E-state index in [9.17, 15) is 4.79 Å². The lowest BCUT2D eigenvalue weighted by Crippen LogP contribution is -2.19. The molecule has 160 valence electrons. The Balaban J connectivity index is 1.62. The zero-order chi connectivity index (χ0) is 22.1. The Morgan fingerprint density at radius 1 is 0.903 bits per heavy atom. The van der Waals surface area contributed by atoms with Gasteiger partial charge in [0.1, 0.15) is 0 Å². The van der Waals surface area contributed by atoms with Crippen LogP contribution >= 0.6 is 11.6 Å². The largest absolute Gasteiger partial charge is 0.493 e. The highest BCUT2D eigenvalue weighted by molar-refractivity contribution is 6.31. The first-order chi connectivity index (χ1) is 14.9. The third-order valence-corrected chi connectivity index (χ3v) is 5.65. The van der Waals surface area contributed by atoms with Crippen LogP contribution in [-0.2, 0) is 4.79 Å². The summed E-state index contributed by atoms with van der Waals surface area (Å²) in [6.45, 7) is 1.87. The molecule has 0 aliphatic carbocycles. The minimum absolute atomic E-state index is 0.146. The molecular weight excluding hydrogens is 416 g/mol. The number of rotatable bonds is 6. The van der Waals surface area contributed by atoms with Crippen LogP contribution in [0.2, 0.25) is 5.02 Å². The van der Waals surface area contributed by atoms with E-state index in [0.717, 1.165) is 27.4 Å².